The number of nitrogens with zero attached hydrogens (tertiary/aromatic N) is 2. The van der Waals surface area contributed by atoms with Gasteiger partial charge in [-0.05, 0) is 46.9 Å². The van der Waals surface area contributed by atoms with E-state index in [1.807, 2.05) is 24.3 Å². The molecule has 0 aliphatic carbocycles. The molecule has 0 unspecified atom stereocenters. The molecule has 0 bridgehead atoms. The summed E-state index contributed by atoms with van der Waals surface area (Å²) in [5.74, 6) is 0. The van der Waals surface area contributed by atoms with Crippen LogP contribution in [0, 0.1) is 3.57 Å². The molecule has 0 radical (unpaired) electrons. The average Bonchev–Trinajstić information content (AvgIpc) is 2.62. The van der Waals surface area contributed by atoms with Crippen molar-refractivity contribution in [2.24, 2.45) is 4.99 Å². The fourth-order valence-electron chi connectivity index (χ4n) is 2.38. The first-order chi connectivity index (χ1) is 11.6. The van der Waals surface area contributed by atoms with Crippen molar-refractivity contribution in [2.45, 2.75) is 4.90 Å². The Hall–Kier alpha value is -1.29. The van der Waals surface area contributed by atoms with Gasteiger partial charge in [-0.1, -0.05) is 24.3 Å². The Balaban J connectivity index is 1.85. The maximum Gasteiger partial charge on any atom is 0.243 e. The van der Waals surface area contributed by atoms with E-state index in [2.05, 4.69) is 27.6 Å². The third-order valence-corrected chi connectivity index (χ3v) is 6.56. The highest BCUT2D eigenvalue weighted by atomic mass is 127. The topological polar surface area (TPSA) is 59.0 Å². The first-order valence-electron chi connectivity index (χ1n) is 7.54. The lowest BCUT2D eigenvalue weighted by atomic mass is 10.2. The van der Waals surface area contributed by atoms with Crippen LogP contribution >= 0.6 is 22.6 Å². The SMILES string of the molecule is O=S(=O)(c1cccc(N=Cc2ccccc2I)c1)N1CCOCC1. The lowest BCUT2D eigenvalue weighted by Gasteiger charge is -2.26. The smallest absolute Gasteiger partial charge is 0.243 e. The third-order valence-electron chi connectivity index (χ3n) is 3.68. The fraction of sp³-hybridized carbons (Fsp3) is 0.235. The maximum absolute atomic E-state index is 12.7. The number of rotatable bonds is 4. The first-order valence-corrected chi connectivity index (χ1v) is 10.1. The molecule has 1 saturated heterocycles. The molecule has 5 nitrogen and oxygen atoms in total. The van der Waals surface area contributed by atoms with Gasteiger partial charge in [0.25, 0.3) is 0 Å². The second-order valence-corrected chi connectivity index (χ2v) is 8.39. The molecule has 1 aliphatic rings. The van der Waals surface area contributed by atoms with Crippen LogP contribution in [0.2, 0.25) is 0 Å². The third kappa shape index (κ3) is 4.02. The zero-order valence-electron chi connectivity index (χ0n) is 12.9. The molecule has 1 heterocycles. The van der Waals surface area contributed by atoms with Gasteiger partial charge in [0.15, 0.2) is 0 Å². The summed E-state index contributed by atoms with van der Waals surface area (Å²) in [6.45, 7) is 1.64. The minimum atomic E-state index is -3.50. The predicted molar refractivity (Wildman–Crippen MR) is 102 cm³/mol. The number of hydrogen-bond acceptors (Lipinski definition) is 4. The van der Waals surface area contributed by atoms with Crippen molar-refractivity contribution in [2.75, 3.05) is 26.3 Å². The van der Waals surface area contributed by atoms with E-state index in [4.69, 9.17) is 4.74 Å². The summed E-state index contributed by atoms with van der Waals surface area (Å²) in [6.07, 6.45) is 1.75. The molecule has 2 aromatic carbocycles. The zero-order chi connectivity index (χ0) is 17.0. The molecule has 24 heavy (non-hydrogen) atoms. The number of hydrogen-bond donors (Lipinski definition) is 0. The summed E-state index contributed by atoms with van der Waals surface area (Å²) in [6, 6.07) is 14.6. The van der Waals surface area contributed by atoms with Crippen LogP contribution in [0.5, 0.6) is 0 Å². The van der Waals surface area contributed by atoms with Crippen molar-refractivity contribution in [3.05, 3.63) is 57.7 Å². The zero-order valence-corrected chi connectivity index (χ0v) is 15.9. The minimum absolute atomic E-state index is 0.266. The summed E-state index contributed by atoms with van der Waals surface area (Å²) >= 11 is 2.25. The van der Waals surface area contributed by atoms with Crippen LogP contribution in [0.1, 0.15) is 5.56 Å². The predicted octanol–water partition coefficient (Wildman–Crippen LogP) is 3.06. The Labute approximate surface area is 155 Å². The van der Waals surface area contributed by atoms with Gasteiger partial charge in [0, 0.05) is 28.4 Å². The van der Waals surface area contributed by atoms with Crippen LogP contribution in [0.3, 0.4) is 0 Å². The van der Waals surface area contributed by atoms with Gasteiger partial charge in [0.1, 0.15) is 0 Å². The van der Waals surface area contributed by atoms with Gasteiger partial charge in [0.05, 0.1) is 23.8 Å². The van der Waals surface area contributed by atoms with E-state index in [0.717, 1.165) is 9.13 Å². The van der Waals surface area contributed by atoms with E-state index in [9.17, 15) is 8.42 Å². The van der Waals surface area contributed by atoms with Crippen molar-refractivity contribution in [1.29, 1.82) is 0 Å². The van der Waals surface area contributed by atoms with E-state index in [-0.39, 0.29) is 4.90 Å². The quantitative estimate of drug-likeness (QED) is 0.525. The van der Waals surface area contributed by atoms with E-state index in [1.54, 1.807) is 30.5 Å². The summed E-state index contributed by atoms with van der Waals surface area (Å²) in [5.41, 5.74) is 1.61. The largest absolute Gasteiger partial charge is 0.379 e. The van der Waals surface area contributed by atoms with Gasteiger partial charge in [0.2, 0.25) is 10.0 Å². The highest BCUT2D eigenvalue weighted by molar-refractivity contribution is 14.1. The van der Waals surface area contributed by atoms with Gasteiger partial charge in [-0.3, -0.25) is 4.99 Å². The first kappa shape index (κ1) is 17.5. The molecule has 1 aliphatic heterocycles. The van der Waals surface area contributed by atoms with Crippen molar-refractivity contribution >= 4 is 44.5 Å². The summed E-state index contributed by atoms with van der Waals surface area (Å²) < 4.78 is 33.1. The van der Waals surface area contributed by atoms with Gasteiger partial charge < -0.3 is 4.74 Å². The molecule has 0 amide bonds. The van der Waals surface area contributed by atoms with Crippen molar-refractivity contribution in [3.63, 3.8) is 0 Å². The van der Waals surface area contributed by atoms with E-state index >= 15 is 0 Å². The molecule has 0 spiro atoms. The van der Waals surface area contributed by atoms with E-state index in [1.165, 1.54) is 4.31 Å². The summed E-state index contributed by atoms with van der Waals surface area (Å²) in [4.78, 5) is 4.68. The normalized spacial score (nSPS) is 16.5. The van der Waals surface area contributed by atoms with Crippen LogP contribution < -0.4 is 0 Å². The lowest BCUT2D eigenvalue weighted by Crippen LogP contribution is -2.40. The molecule has 7 heteroatoms. The molecule has 0 saturated carbocycles. The molecule has 0 aromatic heterocycles. The molecular formula is C17H17IN2O3S. The monoisotopic (exact) mass is 456 g/mol. The van der Waals surface area contributed by atoms with E-state index in [0.29, 0.717) is 32.0 Å². The van der Waals surface area contributed by atoms with Gasteiger partial charge in [-0.2, -0.15) is 4.31 Å². The van der Waals surface area contributed by atoms with Crippen LogP contribution in [-0.4, -0.2) is 45.2 Å². The van der Waals surface area contributed by atoms with E-state index < -0.39 is 10.0 Å². The lowest BCUT2D eigenvalue weighted by molar-refractivity contribution is 0.0730. The average molecular weight is 456 g/mol. The highest BCUT2D eigenvalue weighted by Crippen LogP contribution is 2.22. The van der Waals surface area contributed by atoms with Crippen LogP contribution in [0.15, 0.2) is 58.4 Å². The Kier molecular flexibility index (Phi) is 5.65. The number of ether oxygens (including phenoxy) is 1. The molecular weight excluding hydrogens is 439 g/mol. The summed E-state index contributed by atoms with van der Waals surface area (Å²) in [7, 11) is -3.50. The summed E-state index contributed by atoms with van der Waals surface area (Å²) in [5, 5.41) is 0. The molecule has 2 aromatic rings. The van der Waals surface area contributed by atoms with Crippen LogP contribution in [0.4, 0.5) is 5.69 Å². The van der Waals surface area contributed by atoms with Crippen LogP contribution in [-0.2, 0) is 14.8 Å². The van der Waals surface area contributed by atoms with Crippen molar-refractivity contribution in [3.8, 4) is 0 Å². The maximum atomic E-state index is 12.7. The second-order valence-electron chi connectivity index (χ2n) is 5.29. The van der Waals surface area contributed by atoms with Crippen molar-refractivity contribution in [1.82, 2.24) is 4.31 Å². The van der Waals surface area contributed by atoms with Crippen LogP contribution in [0.25, 0.3) is 0 Å². The Morgan fingerprint density at radius 1 is 1.08 bits per heavy atom. The molecule has 0 N–H and O–H groups in total. The van der Waals surface area contributed by atoms with Gasteiger partial charge in [-0.15, -0.1) is 0 Å². The Bertz CT molecular complexity index is 846. The molecule has 0 atom stereocenters. The number of benzene rings is 2. The number of aliphatic imine (C=N–C) groups is 1. The number of morpholine rings is 1. The molecule has 3 rings (SSSR count). The number of sulfonamides is 1. The fourth-order valence-corrected chi connectivity index (χ4v) is 4.36. The molecule has 126 valence electrons. The Morgan fingerprint density at radius 2 is 1.83 bits per heavy atom. The highest BCUT2D eigenvalue weighted by Gasteiger charge is 2.26. The van der Waals surface area contributed by atoms with Crippen molar-refractivity contribution < 1.29 is 13.2 Å². The minimum Gasteiger partial charge on any atom is -0.379 e. The van der Waals surface area contributed by atoms with Gasteiger partial charge in [-0.25, -0.2) is 8.42 Å². The number of halogens is 1. The van der Waals surface area contributed by atoms with Gasteiger partial charge >= 0.3 is 0 Å². The molecule has 1 fully saturated rings. The second kappa shape index (κ2) is 7.73. The Morgan fingerprint density at radius 3 is 2.58 bits per heavy atom. The standard InChI is InChI=1S/C17H17IN2O3S/c18-17-7-2-1-4-14(17)13-19-15-5-3-6-16(12-15)24(21,22)20-8-10-23-11-9-20/h1-7,12-13H,8-11H2.